The van der Waals surface area contributed by atoms with Gasteiger partial charge in [-0.3, -0.25) is 9.59 Å². The first-order valence-corrected chi connectivity index (χ1v) is 14.8. The number of carboxylic acids is 1. The zero-order chi connectivity index (χ0) is 29.0. The number of benzene rings is 3. The number of amides is 1. The number of carbonyl (C=O) groups excluding carboxylic acids is 1. The van der Waals surface area contributed by atoms with Crippen LogP contribution < -0.4 is 10.1 Å². The van der Waals surface area contributed by atoms with Crippen LogP contribution in [0.15, 0.2) is 77.7 Å². The molecule has 0 radical (unpaired) electrons. The highest BCUT2D eigenvalue weighted by Crippen LogP contribution is 2.40. The molecular formula is C32H37NO7S. The quantitative estimate of drug-likeness (QED) is 0.147. The molecule has 1 heterocycles. The monoisotopic (exact) mass is 579 g/mol. The predicted molar refractivity (Wildman–Crippen MR) is 158 cm³/mol. The highest BCUT2D eigenvalue weighted by molar-refractivity contribution is 7.99. The number of rotatable bonds is 14. The Balaban J connectivity index is 1.40. The first kappa shape index (κ1) is 30.6. The van der Waals surface area contributed by atoms with Crippen molar-refractivity contribution in [3.8, 4) is 5.75 Å². The second-order valence-electron chi connectivity index (χ2n) is 9.94. The van der Waals surface area contributed by atoms with Crippen LogP contribution in [0.5, 0.6) is 5.75 Å². The van der Waals surface area contributed by atoms with E-state index >= 15 is 0 Å². The smallest absolute Gasteiger partial charge is 0.303 e. The van der Waals surface area contributed by atoms with Crippen LogP contribution in [0.25, 0.3) is 0 Å². The standard InChI is InChI=1S/C32H37NO7S/c1-38-27-7-5-6-8-29(27)41-21-26-19-28(23-13-11-22(20-34)12-14-23)40-32(39-26)24-15-17-25(18-16-24)33-30(35)9-3-2-4-10-31(36)37/h5-8,11-18,26,28,32,34H,2-4,9-10,19-21H2,1H3,(H,33,35)(H,36,37). The minimum absolute atomic E-state index is 0.0106. The number of para-hydroxylation sites is 1. The van der Waals surface area contributed by atoms with E-state index in [2.05, 4.69) is 5.32 Å². The molecule has 0 spiro atoms. The third-order valence-electron chi connectivity index (χ3n) is 6.87. The summed E-state index contributed by atoms with van der Waals surface area (Å²) in [5, 5.41) is 21.1. The van der Waals surface area contributed by atoms with E-state index in [4.69, 9.17) is 19.3 Å². The SMILES string of the molecule is COc1ccccc1SCC1CC(c2ccc(CO)cc2)OC(c2ccc(NC(=O)CCCCCC(=O)O)cc2)O1. The lowest BCUT2D eigenvalue weighted by atomic mass is 10.0. The summed E-state index contributed by atoms with van der Waals surface area (Å²) < 4.78 is 18.4. The van der Waals surface area contributed by atoms with Crippen molar-refractivity contribution in [2.75, 3.05) is 18.2 Å². The molecule has 1 fully saturated rings. The lowest BCUT2D eigenvalue weighted by Crippen LogP contribution is -2.31. The fourth-order valence-corrected chi connectivity index (χ4v) is 5.68. The van der Waals surface area contributed by atoms with Crippen molar-refractivity contribution < 1.29 is 34.0 Å². The highest BCUT2D eigenvalue weighted by atomic mass is 32.2. The molecule has 3 N–H and O–H groups in total. The molecule has 8 nitrogen and oxygen atoms in total. The Bertz CT molecular complexity index is 1270. The number of unbranched alkanes of at least 4 members (excludes halogenated alkanes) is 2. The Morgan fingerprint density at radius 2 is 1.63 bits per heavy atom. The van der Waals surface area contributed by atoms with Crippen LogP contribution in [0.4, 0.5) is 5.69 Å². The Hall–Kier alpha value is -3.37. The van der Waals surface area contributed by atoms with E-state index in [1.807, 2.05) is 72.8 Å². The molecule has 1 saturated heterocycles. The zero-order valence-electron chi connectivity index (χ0n) is 23.2. The summed E-state index contributed by atoms with van der Waals surface area (Å²) in [6.45, 7) is -0.0106. The van der Waals surface area contributed by atoms with Crippen LogP contribution in [0.3, 0.4) is 0 Å². The van der Waals surface area contributed by atoms with Gasteiger partial charge in [0.15, 0.2) is 6.29 Å². The van der Waals surface area contributed by atoms with Gasteiger partial charge in [0.1, 0.15) is 5.75 Å². The molecule has 0 bridgehead atoms. The average molecular weight is 580 g/mol. The number of methoxy groups -OCH3 is 1. The largest absolute Gasteiger partial charge is 0.496 e. The molecule has 1 aliphatic heterocycles. The molecule has 218 valence electrons. The van der Waals surface area contributed by atoms with Gasteiger partial charge in [-0.2, -0.15) is 0 Å². The van der Waals surface area contributed by atoms with E-state index in [1.165, 1.54) is 0 Å². The minimum Gasteiger partial charge on any atom is -0.496 e. The number of ether oxygens (including phenoxy) is 3. The van der Waals surface area contributed by atoms with E-state index in [0.29, 0.717) is 43.5 Å². The second-order valence-corrected chi connectivity index (χ2v) is 11.0. The van der Waals surface area contributed by atoms with E-state index < -0.39 is 12.3 Å². The third-order valence-corrected chi connectivity index (χ3v) is 8.06. The summed E-state index contributed by atoms with van der Waals surface area (Å²) in [4.78, 5) is 24.0. The van der Waals surface area contributed by atoms with Crippen molar-refractivity contribution in [1.29, 1.82) is 0 Å². The lowest BCUT2D eigenvalue weighted by molar-refractivity contribution is -0.245. The third kappa shape index (κ3) is 9.33. The van der Waals surface area contributed by atoms with Crippen molar-refractivity contribution in [3.63, 3.8) is 0 Å². The van der Waals surface area contributed by atoms with Crippen molar-refractivity contribution in [3.05, 3.63) is 89.5 Å². The number of anilines is 1. The van der Waals surface area contributed by atoms with Gasteiger partial charge in [0.25, 0.3) is 0 Å². The Kier molecular flexibility index (Phi) is 11.6. The number of aliphatic carboxylic acids is 1. The normalized spacial score (nSPS) is 18.5. The van der Waals surface area contributed by atoms with Crippen molar-refractivity contribution in [2.24, 2.45) is 0 Å². The molecule has 1 amide bonds. The van der Waals surface area contributed by atoms with Gasteiger partial charge >= 0.3 is 5.97 Å². The molecule has 0 aromatic heterocycles. The molecule has 1 aliphatic rings. The van der Waals surface area contributed by atoms with Crippen molar-refractivity contribution >= 4 is 29.3 Å². The molecule has 41 heavy (non-hydrogen) atoms. The van der Waals surface area contributed by atoms with Crippen LogP contribution in [-0.2, 0) is 25.7 Å². The minimum atomic E-state index is -0.812. The molecule has 9 heteroatoms. The molecule has 3 atom stereocenters. The number of aliphatic hydroxyl groups excluding tert-OH is 1. The Labute approximate surface area is 245 Å². The average Bonchev–Trinajstić information content (AvgIpc) is 3.00. The highest BCUT2D eigenvalue weighted by Gasteiger charge is 2.32. The van der Waals surface area contributed by atoms with Crippen LogP contribution >= 0.6 is 11.8 Å². The van der Waals surface area contributed by atoms with Crippen LogP contribution in [0.1, 0.15) is 67.6 Å². The van der Waals surface area contributed by atoms with Gasteiger partial charge < -0.3 is 29.7 Å². The number of aliphatic hydroxyl groups is 1. The summed E-state index contributed by atoms with van der Waals surface area (Å²) >= 11 is 1.68. The molecule has 0 saturated carbocycles. The molecule has 3 aromatic rings. The summed E-state index contributed by atoms with van der Waals surface area (Å²) in [5.74, 6) is 0.632. The number of nitrogens with one attached hydrogen (secondary N) is 1. The van der Waals surface area contributed by atoms with E-state index in [1.54, 1.807) is 18.9 Å². The predicted octanol–water partition coefficient (Wildman–Crippen LogP) is 6.50. The van der Waals surface area contributed by atoms with E-state index in [-0.39, 0.29) is 31.1 Å². The number of hydrogen-bond acceptors (Lipinski definition) is 7. The van der Waals surface area contributed by atoms with Gasteiger partial charge in [-0.25, -0.2) is 0 Å². The first-order valence-electron chi connectivity index (χ1n) is 13.8. The molecule has 0 aliphatic carbocycles. The fraction of sp³-hybridized carbons (Fsp3) is 0.375. The van der Waals surface area contributed by atoms with Gasteiger partial charge in [-0.15, -0.1) is 11.8 Å². The summed E-state index contributed by atoms with van der Waals surface area (Å²) in [6, 6.07) is 23.2. The summed E-state index contributed by atoms with van der Waals surface area (Å²) in [6.07, 6.45) is 2.21. The zero-order valence-corrected chi connectivity index (χ0v) is 24.0. The maximum absolute atomic E-state index is 12.3. The fourth-order valence-electron chi connectivity index (χ4n) is 4.63. The van der Waals surface area contributed by atoms with Gasteiger partial charge in [0, 0.05) is 41.2 Å². The van der Waals surface area contributed by atoms with Crippen molar-refractivity contribution in [2.45, 2.75) is 68.5 Å². The van der Waals surface area contributed by atoms with E-state index in [0.717, 1.165) is 27.3 Å². The van der Waals surface area contributed by atoms with Gasteiger partial charge in [0.2, 0.25) is 5.91 Å². The Morgan fingerprint density at radius 3 is 2.34 bits per heavy atom. The number of carbonyl (C=O) groups is 2. The second kappa shape index (κ2) is 15.6. The van der Waals surface area contributed by atoms with Crippen LogP contribution in [0.2, 0.25) is 0 Å². The van der Waals surface area contributed by atoms with Gasteiger partial charge in [-0.05, 0) is 48.2 Å². The van der Waals surface area contributed by atoms with Crippen LogP contribution in [-0.4, -0.2) is 41.1 Å². The maximum atomic E-state index is 12.3. The maximum Gasteiger partial charge on any atom is 0.303 e. The summed E-state index contributed by atoms with van der Waals surface area (Å²) in [5.41, 5.74) is 3.40. The summed E-state index contributed by atoms with van der Waals surface area (Å²) in [7, 11) is 1.67. The lowest BCUT2D eigenvalue weighted by Gasteiger charge is -2.36. The van der Waals surface area contributed by atoms with Gasteiger partial charge in [-0.1, -0.05) is 55.0 Å². The first-order chi connectivity index (χ1) is 19.9. The van der Waals surface area contributed by atoms with E-state index in [9.17, 15) is 14.7 Å². The number of hydrogen-bond donors (Lipinski definition) is 3. The number of carboxylic acid groups (broad SMARTS) is 1. The molecule has 4 rings (SSSR count). The van der Waals surface area contributed by atoms with Crippen molar-refractivity contribution in [1.82, 2.24) is 0 Å². The molecule has 3 aromatic carbocycles. The Morgan fingerprint density at radius 1 is 0.927 bits per heavy atom. The van der Waals surface area contributed by atoms with Crippen LogP contribution in [0, 0.1) is 0 Å². The molecule has 3 unspecified atom stereocenters. The number of thioether (sulfide) groups is 1. The molecular weight excluding hydrogens is 542 g/mol. The van der Waals surface area contributed by atoms with Gasteiger partial charge in [0.05, 0.1) is 25.9 Å². The topological polar surface area (TPSA) is 114 Å².